The van der Waals surface area contributed by atoms with Gasteiger partial charge in [-0.2, -0.15) is 0 Å². The average molecular weight is 795 g/mol. The molecule has 2 aromatic heterocycles. The largest absolute Gasteiger partial charge is 0.480 e. The van der Waals surface area contributed by atoms with Crippen LogP contribution >= 0.6 is 0 Å². The van der Waals surface area contributed by atoms with E-state index in [1.165, 1.54) is 21.9 Å². The number of carboxylic acids is 1. The zero-order chi connectivity index (χ0) is 41.8. The number of aliphatic carboxylic acids is 1. The van der Waals surface area contributed by atoms with Crippen LogP contribution in [0.4, 0.5) is 4.79 Å². The smallest absolute Gasteiger partial charge is 0.410 e. The Morgan fingerprint density at radius 1 is 0.831 bits per heavy atom. The van der Waals surface area contributed by atoms with Crippen molar-refractivity contribution in [2.75, 3.05) is 6.54 Å². The lowest BCUT2D eigenvalue weighted by molar-refractivity contribution is -0.139. The van der Waals surface area contributed by atoms with Crippen molar-refractivity contribution in [3.63, 3.8) is 0 Å². The van der Waals surface area contributed by atoms with Gasteiger partial charge in [-0.25, -0.2) is 9.59 Å². The number of fused-ring (bicyclic) bond motifs is 3. The van der Waals surface area contributed by atoms with Crippen molar-refractivity contribution in [1.82, 2.24) is 25.5 Å². The first kappa shape index (κ1) is 42.4. The number of carbonyl (C=O) groups excluding carboxylic acids is 2. The van der Waals surface area contributed by atoms with Crippen molar-refractivity contribution < 1.29 is 24.2 Å². The number of aromatic nitrogens is 2. The van der Waals surface area contributed by atoms with Gasteiger partial charge in [-0.3, -0.25) is 19.7 Å². The maximum absolute atomic E-state index is 13.5. The van der Waals surface area contributed by atoms with Crippen LogP contribution in [-0.4, -0.2) is 56.1 Å². The second kappa shape index (κ2) is 20.0. The topological polar surface area (TPSA) is 160 Å². The first-order chi connectivity index (χ1) is 28.5. The van der Waals surface area contributed by atoms with Crippen LogP contribution in [0.25, 0.3) is 21.5 Å². The fourth-order valence-corrected chi connectivity index (χ4v) is 7.46. The molecule has 0 radical (unpaired) electrons. The number of carbonyl (C=O) groups is 3. The number of carboxylic acid groups (broad SMARTS) is 1. The first-order valence-corrected chi connectivity index (χ1v) is 20.3. The van der Waals surface area contributed by atoms with Crippen LogP contribution in [0.5, 0.6) is 0 Å². The lowest BCUT2D eigenvalue weighted by Crippen LogP contribution is -2.41. The lowest BCUT2D eigenvalue weighted by atomic mass is 9.92. The summed E-state index contributed by atoms with van der Waals surface area (Å²) in [5.74, 6) is -1.54. The number of nitrogens with one attached hydrogen (secondary N) is 2. The summed E-state index contributed by atoms with van der Waals surface area (Å²) < 4.78 is 5.71. The minimum Gasteiger partial charge on any atom is -0.480 e. The van der Waals surface area contributed by atoms with E-state index >= 15 is 0 Å². The Labute approximate surface area is 346 Å². The van der Waals surface area contributed by atoms with Crippen LogP contribution in [0.2, 0.25) is 0 Å². The van der Waals surface area contributed by atoms with Gasteiger partial charge in [-0.15, -0.1) is 0 Å². The number of rotatable bonds is 13. The quantitative estimate of drug-likeness (QED) is 0.0841. The monoisotopic (exact) mass is 794 g/mol. The molecule has 0 saturated heterocycles. The van der Waals surface area contributed by atoms with Crippen molar-refractivity contribution in [1.29, 1.82) is 0 Å². The van der Waals surface area contributed by atoms with E-state index in [4.69, 9.17) is 10.5 Å². The molecule has 5 N–H and O–H groups in total. The summed E-state index contributed by atoms with van der Waals surface area (Å²) >= 11 is 0. The lowest BCUT2D eigenvalue weighted by Gasteiger charge is -2.28. The van der Waals surface area contributed by atoms with Crippen LogP contribution in [0.1, 0.15) is 90.9 Å². The highest BCUT2D eigenvalue weighted by atomic mass is 16.6. The molecule has 4 aromatic carbocycles. The molecule has 11 heteroatoms. The summed E-state index contributed by atoms with van der Waals surface area (Å²) in [5.41, 5.74) is 10.4. The van der Waals surface area contributed by atoms with Gasteiger partial charge < -0.3 is 26.2 Å². The SMILES string of the molecule is CC(C)(C)OC(=O)N(Cc1ccccn1)Cc1ccc(C(=O)N[C@@H](CCCN[C@@H]2CCCc3cccnc32)C(=O)O)c2ccccc12.NCc1cccc2ccccc12. The maximum Gasteiger partial charge on any atom is 0.410 e. The molecule has 0 spiro atoms. The van der Waals surface area contributed by atoms with Gasteiger partial charge in [0.05, 0.1) is 24.5 Å². The van der Waals surface area contributed by atoms with Crippen molar-refractivity contribution in [3.05, 3.63) is 155 Å². The summed E-state index contributed by atoms with van der Waals surface area (Å²) in [4.78, 5) is 49.5. The van der Waals surface area contributed by atoms with Crippen LogP contribution in [0, 0.1) is 0 Å². The molecule has 7 rings (SSSR count). The molecule has 11 nitrogen and oxygen atoms in total. The highest BCUT2D eigenvalue weighted by Crippen LogP contribution is 2.28. The van der Waals surface area contributed by atoms with E-state index in [-0.39, 0.29) is 25.6 Å². The van der Waals surface area contributed by atoms with Gasteiger partial charge in [0.2, 0.25) is 0 Å². The minimum absolute atomic E-state index is 0.151. The van der Waals surface area contributed by atoms with E-state index in [1.807, 2.05) is 99.8 Å². The Balaban J connectivity index is 0.000000414. The Bertz CT molecular complexity index is 2360. The number of benzene rings is 4. The first-order valence-electron chi connectivity index (χ1n) is 20.3. The van der Waals surface area contributed by atoms with Crippen LogP contribution in [0.15, 0.2) is 122 Å². The fraction of sp³-hybridized carbons (Fsp3) is 0.312. The van der Waals surface area contributed by atoms with E-state index in [1.54, 1.807) is 17.2 Å². The number of hydrogen-bond donors (Lipinski definition) is 4. The van der Waals surface area contributed by atoms with Gasteiger partial charge in [0, 0.05) is 30.5 Å². The van der Waals surface area contributed by atoms with Crippen molar-refractivity contribution in [2.45, 2.75) is 90.2 Å². The molecule has 6 aromatic rings. The predicted molar refractivity (Wildman–Crippen MR) is 232 cm³/mol. The van der Waals surface area contributed by atoms with E-state index in [0.29, 0.717) is 36.2 Å². The fourth-order valence-electron chi connectivity index (χ4n) is 7.46. The van der Waals surface area contributed by atoms with Gasteiger partial charge in [0.15, 0.2) is 0 Å². The number of nitrogens with zero attached hydrogens (tertiary/aromatic N) is 3. The van der Waals surface area contributed by atoms with Crippen molar-refractivity contribution in [3.8, 4) is 0 Å². The molecule has 2 amide bonds. The average Bonchev–Trinajstić information content (AvgIpc) is 3.24. The number of nitrogens with two attached hydrogens (primary N) is 1. The standard InChI is InChI=1S/C37H43N5O5.C11H11N/c1-37(2,3)47-36(46)42(24-27-13-6-7-20-38-27)23-26-18-19-30(29-15-5-4-14-28(26)29)34(43)41-32(35(44)45)17-10-21-39-31-16-8-11-25-12-9-22-40-33(25)31;12-8-10-6-3-5-9-4-1-2-7-11(9)10/h4-7,9,12-15,18-20,22,31-32,39H,8,10-11,16-17,21,23-24H2,1-3H3,(H,41,43)(H,44,45);1-7H,8,12H2/t31-,32+;/m1./s1. The van der Waals surface area contributed by atoms with Crippen molar-refractivity contribution in [2.24, 2.45) is 5.73 Å². The molecule has 0 bridgehead atoms. The number of hydrogen-bond acceptors (Lipinski definition) is 8. The third-order valence-corrected chi connectivity index (χ3v) is 10.3. The molecule has 0 saturated carbocycles. The molecule has 2 atom stereocenters. The molecule has 2 heterocycles. The third kappa shape index (κ3) is 11.5. The molecule has 306 valence electrons. The van der Waals surface area contributed by atoms with Crippen LogP contribution in [-0.2, 0) is 35.6 Å². The maximum atomic E-state index is 13.5. The minimum atomic E-state index is -1.08. The van der Waals surface area contributed by atoms with Gasteiger partial charge in [0.25, 0.3) is 5.91 Å². The van der Waals surface area contributed by atoms with E-state index < -0.39 is 29.6 Å². The Morgan fingerprint density at radius 2 is 1.56 bits per heavy atom. The molecule has 0 fully saturated rings. The van der Waals surface area contributed by atoms with Gasteiger partial charge in [0.1, 0.15) is 11.6 Å². The number of amides is 2. The second-order valence-electron chi connectivity index (χ2n) is 15.8. The molecular weight excluding hydrogens is 741 g/mol. The van der Waals surface area contributed by atoms with Gasteiger partial charge in [-0.05, 0) is 122 Å². The van der Waals surface area contributed by atoms with Gasteiger partial charge >= 0.3 is 12.1 Å². The molecular formula is C48H54N6O5. The Morgan fingerprint density at radius 3 is 2.31 bits per heavy atom. The predicted octanol–water partition coefficient (Wildman–Crippen LogP) is 8.50. The zero-order valence-corrected chi connectivity index (χ0v) is 34.1. The molecule has 1 aliphatic rings. The van der Waals surface area contributed by atoms with Crippen LogP contribution in [0.3, 0.4) is 0 Å². The molecule has 0 aliphatic heterocycles. The van der Waals surface area contributed by atoms with E-state index in [9.17, 15) is 19.5 Å². The van der Waals surface area contributed by atoms with E-state index in [2.05, 4.69) is 50.9 Å². The van der Waals surface area contributed by atoms with Crippen molar-refractivity contribution >= 4 is 39.5 Å². The second-order valence-corrected chi connectivity index (χ2v) is 15.8. The highest BCUT2D eigenvalue weighted by Gasteiger charge is 2.26. The summed E-state index contributed by atoms with van der Waals surface area (Å²) in [6.07, 6.45) is 6.97. The highest BCUT2D eigenvalue weighted by molar-refractivity contribution is 6.08. The summed E-state index contributed by atoms with van der Waals surface area (Å²) in [5, 5.41) is 20.2. The number of aryl methyl sites for hydroxylation is 1. The molecule has 59 heavy (non-hydrogen) atoms. The molecule has 0 unspecified atom stereocenters. The Hall–Kier alpha value is -6.17. The number of ether oxygens (including phenoxy) is 1. The zero-order valence-electron chi connectivity index (χ0n) is 34.1. The normalized spacial score (nSPS) is 14.1. The summed E-state index contributed by atoms with van der Waals surface area (Å²) in [6.45, 7) is 7.15. The van der Waals surface area contributed by atoms with E-state index in [0.717, 1.165) is 35.9 Å². The number of pyridine rings is 2. The molecule has 1 aliphatic carbocycles. The third-order valence-electron chi connectivity index (χ3n) is 10.3. The van der Waals surface area contributed by atoms with Crippen LogP contribution < -0.4 is 16.4 Å². The van der Waals surface area contributed by atoms with Gasteiger partial charge in [-0.1, -0.05) is 84.9 Å². The summed E-state index contributed by atoms with van der Waals surface area (Å²) in [7, 11) is 0. The Kier molecular flexibility index (Phi) is 14.4. The summed E-state index contributed by atoms with van der Waals surface area (Å²) in [6, 6.07) is 34.2.